The molecule has 0 radical (unpaired) electrons. The van der Waals surface area contributed by atoms with Crippen LogP contribution in [-0.2, 0) is 0 Å². The zero-order valence-electron chi connectivity index (χ0n) is 13.3. The molecule has 0 bridgehead atoms. The van der Waals surface area contributed by atoms with Gasteiger partial charge in [0, 0.05) is 31.7 Å². The first-order valence-corrected chi connectivity index (χ1v) is 8.78. The first kappa shape index (κ1) is 16.0. The summed E-state index contributed by atoms with van der Waals surface area (Å²) in [5.74, 6) is -0.907. The van der Waals surface area contributed by atoms with Gasteiger partial charge < -0.3 is 9.80 Å². The third kappa shape index (κ3) is 3.07. The van der Waals surface area contributed by atoms with Crippen molar-refractivity contribution in [2.45, 2.75) is 0 Å². The molecule has 2 heterocycles. The maximum absolute atomic E-state index is 13.8. The van der Waals surface area contributed by atoms with Crippen molar-refractivity contribution < 1.29 is 13.6 Å². The molecule has 1 amide bonds. The predicted octanol–water partition coefficient (Wildman–Crippen LogP) is 3.54. The fourth-order valence-corrected chi connectivity index (χ4v) is 3.98. The Morgan fingerprint density at radius 3 is 2.52 bits per heavy atom. The van der Waals surface area contributed by atoms with E-state index in [9.17, 15) is 13.6 Å². The predicted molar refractivity (Wildman–Crippen MR) is 94.1 cm³/mol. The van der Waals surface area contributed by atoms with Gasteiger partial charge in [-0.3, -0.25) is 4.79 Å². The van der Waals surface area contributed by atoms with E-state index < -0.39 is 5.82 Å². The smallest absolute Gasteiger partial charge is 0.254 e. The molecular formula is C18H15F2N3OS. The lowest BCUT2D eigenvalue weighted by atomic mass is 10.2. The van der Waals surface area contributed by atoms with E-state index in [1.54, 1.807) is 17.0 Å². The third-order valence-electron chi connectivity index (χ3n) is 4.27. The molecule has 4 rings (SSSR count). The van der Waals surface area contributed by atoms with Crippen LogP contribution < -0.4 is 4.90 Å². The first-order valence-electron chi connectivity index (χ1n) is 7.97. The Morgan fingerprint density at radius 2 is 1.80 bits per heavy atom. The number of hydrogen-bond donors (Lipinski definition) is 0. The van der Waals surface area contributed by atoms with Crippen LogP contribution in [0, 0.1) is 11.6 Å². The zero-order chi connectivity index (χ0) is 17.4. The maximum atomic E-state index is 13.8. The highest BCUT2D eigenvalue weighted by molar-refractivity contribution is 7.22. The number of nitrogens with zero attached hydrogens (tertiary/aromatic N) is 3. The molecule has 1 saturated heterocycles. The molecule has 0 unspecified atom stereocenters. The molecular weight excluding hydrogens is 344 g/mol. The van der Waals surface area contributed by atoms with Gasteiger partial charge in [0.2, 0.25) is 0 Å². The van der Waals surface area contributed by atoms with Gasteiger partial charge in [-0.1, -0.05) is 23.5 Å². The van der Waals surface area contributed by atoms with E-state index in [4.69, 9.17) is 0 Å². The maximum Gasteiger partial charge on any atom is 0.254 e. The average molecular weight is 359 g/mol. The van der Waals surface area contributed by atoms with E-state index in [2.05, 4.69) is 9.88 Å². The van der Waals surface area contributed by atoms with Crippen molar-refractivity contribution in [1.29, 1.82) is 0 Å². The van der Waals surface area contributed by atoms with Crippen LogP contribution in [0.25, 0.3) is 10.2 Å². The molecule has 7 heteroatoms. The molecule has 0 atom stereocenters. The monoisotopic (exact) mass is 359 g/mol. The van der Waals surface area contributed by atoms with Gasteiger partial charge in [0.05, 0.1) is 4.70 Å². The second-order valence-electron chi connectivity index (χ2n) is 5.87. The number of carbonyl (C=O) groups excluding carboxylic acids is 1. The molecule has 1 fully saturated rings. The quantitative estimate of drug-likeness (QED) is 0.702. The molecule has 4 nitrogen and oxygen atoms in total. The van der Waals surface area contributed by atoms with Crippen molar-refractivity contribution in [2.24, 2.45) is 0 Å². The molecule has 128 valence electrons. The zero-order valence-corrected chi connectivity index (χ0v) is 14.1. The van der Waals surface area contributed by atoms with E-state index in [-0.39, 0.29) is 11.7 Å². The van der Waals surface area contributed by atoms with Crippen molar-refractivity contribution in [2.75, 3.05) is 31.1 Å². The molecule has 0 spiro atoms. The number of hydrogen-bond acceptors (Lipinski definition) is 4. The van der Waals surface area contributed by atoms with E-state index in [1.807, 2.05) is 6.07 Å². The second-order valence-corrected chi connectivity index (χ2v) is 6.88. The number of rotatable bonds is 2. The fourth-order valence-electron chi connectivity index (χ4n) is 2.94. The average Bonchev–Trinajstić information content (AvgIpc) is 3.07. The number of fused-ring (bicyclic) bond motifs is 1. The normalized spacial score (nSPS) is 15.0. The van der Waals surface area contributed by atoms with Crippen LogP contribution in [0.15, 0.2) is 42.5 Å². The Kier molecular flexibility index (Phi) is 4.09. The number of anilines is 1. The van der Waals surface area contributed by atoms with Gasteiger partial charge in [-0.25, -0.2) is 13.8 Å². The standard InChI is InChI=1S/C18H15F2N3OS/c19-13-4-1-3-12(11-13)17(24)22-7-9-23(10-8-22)18-21-16-14(20)5-2-6-15(16)25-18/h1-6,11H,7-10H2. The summed E-state index contributed by atoms with van der Waals surface area (Å²) in [7, 11) is 0. The van der Waals surface area contributed by atoms with Crippen LogP contribution in [0.3, 0.4) is 0 Å². The number of carbonyl (C=O) groups is 1. The molecule has 25 heavy (non-hydrogen) atoms. The van der Waals surface area contributed by atoms with Gasteiger partial charge in [-0.2, -0.15) is 0 Å². The molecule has 3 aromatic rings. The van der Waals surface area contributed by atoms with Crippen molar-refractivity contribution in [3.63, 3.8) is 0 Å². The van der Waals surface area contributed by atoms with Crippen molar-refractivity contribution >= 4 is 32.6 Å². The fraction of sp³-hybridized carbons (Fsp3) is 0.222. The number of halogens is 2. The Labute approximate surface area is 147 Å². The molecule has 0 N–H and O–H groups in total. The number of aromatic nitrogens is 1. The number of benzene rings is 2. The summed E-state index contributed by atoms with van der Waals surface area (Å²) in [5.41, 5.74) is 0.747. The minimum Gasteiger partial charge on any atom is -0.345 e. The molecule has 1 aromatic heterocycles. The lowest BCUT2D eigenvalue weighted by Crippen LogP contribution is -2.48. The Balaban J connectivity index is 1.47. The topological polar surface area (TPSA) is 36.4 Å². The van der Waals surface area contributed by atoms with Crippen LogP contribution in [0.1, 0.15) is 10.4 Å². The summed E-state index contributed by atoms with van der Waals surface area (Å²) in [5, 5.41) is 0.762. The molecule has 0 aliphatic carbocycles. The summed E-state index contributed by atoms with van der Waals surface area (Å²) in [6, 6.07) is 10.7. The van der Waals surface area contributed by atoms with Gasteiger partial charge >= 0.3 is 0 Å². The van der Waals surface area contributed by atoms with Gasteiger partial charge in [0.15, 0.2) is 5.13 Å². The number of piperazine rings is 1. The second kappa shape index (κ2) is 6.40. The highest BCUT2D eigenvalue weighted by atomic mass is 32.1. The minimum atomic E-state index is -0.416. The molecule has 1 aliphatic heterocycles. The van der Waals surface area contributed by atoms with Gasteiger partial charge in [-0.05, 0) is 30.3 Å². The first-order chi connectivity index (χ1) is 12.1. The van der Waals surface area contributed by atoms with Crippen molar-refractivity contribution in [3.8, 4) is 0 Å². The number of thiazole rings is 1. The third-order valence-corrected chi connectivity index (χ3v) is 5.35. The lowest BCUT2D eigenvalue weighted by Gasteiger charge is -2.34. The summed E-state index contributed by atoms with van der Waals surface area (Å²) in [6.07, 6.45) is 0. The van der Waals surface area contributed by atoms with Gasteiger partial charge in [0.25, 0.3) is 5.91 Å². The van der Waals surface area contributed by atoms with E-state index in [1.165, 1.54) is 35.6 Å². The summed E-state index contributed by atoms with van der Waals surface area (Å²) in [4.78, 5) is 20.6. The van der Waals surface area contributed by atoms with Crippen LogP contribution >= 0.6 is 11.3 Å². The van der Waals surface area contributed by atoms with Crippen LogP contribution in [0.2, 0.25) is 0 Å². The number of para-hydroxylation sites is 1. The van der Waals surface area contributed by atoms with Crippen molar-refractivity contribution in [1.82, 2.24) is 9.88 Å². The Morgan fingerprint density at radius 1 is 1.04 bits per heavy atom. The van der Waals surface area contributed by atoms with Crippen LogP contribution in [-0.4, -0.2) is 42.0 Å². The molecule has 0 saturated carbocycles. The van der Waals surface area contributed by atoms with Crippen LogP contribution in [0.4, 0.5) is 13.9 Å². The number of amides is 1. The van der Waals surface area contributed by atoms with E-state index >= 15 is 0 Å². The van der Waals surface area contributed by atoms with E-state index in [0.29, 0.717) is 37.3 Å². The van der Waals surface area contributed by atoms with Gasteiger partial charge in [-0.15, -0.1) is 0 Å². The SMILES string of the molecule is O=C(c1cccc(F)c1)N1CCN(c2nc3c(F)cccc3s2)CC1. The summed E-state index contributed by atoms with van der Waals surface area (Å²) in [6.45, 7) is 2.27. The Bertz CT molecular complexity index is 935. The highest BCUT2D eigenvalue weighted by Gasteiger charge is 2.24. The molecule has 2 aromatic carbocycles. The van der Waals surface area contributed by atoms with E-state index in [0.717, 1.165) is 9.83 Å². The minimum absolute atomic E-state index is 0.172. The summed E-state index contributed by atoms with van der Waals surface area (Å²) >= 11 is 1.45. The van der Waals surface area contributed by atoms with Gasteiger partial charge in [0.1, 0.15) is 17.2 Å². The lowest BCUT2D eigenvalue weighted by molar-refractivity contribution is 0.0746. The van der Waals surface area contributed by atoms with Crippen molar-refractivity contribution in [3.05, 3.63) is 59.7 Å². The Hall–Kier alpha value is -2.54. The highest BCUT2D eigenvalue weighted by Crippen LogP contribution is 2.30. The molecule has 1 aliphatic rings. The summed E-state index contributed by atoms with van der Waals surface area (Å²) < 4.78 is 27.9. The largest absolute Gasteiger partial charge is 0.345 e. The van der Waals surface area contributed by atoms with Crippen LogP contribution in [0.5, 0.6) is 0 Å².